The van der Waals surface area contributed by atoms with Gasteiger partial charge in [-0.1, -0.05) is 18.2 Å². The Labute approximate surface area is 191 Å². The van der Waals surface area contributed by atoms with Crippen molar-refractivity contribution in [2.75, 3.05) is 10.6 Å². The second-order valence-electron chi connectivity index (χ2n) is 8.58. The number of fused-ring (bicyclic) bond motifs is 2. The van der Waals surface area contributed by atoms with E-state index in [1.807, 2.05) is 44.2 Å². The zero-order valence-electron chi connectivity index (χ0n) is 18.9. The van der Waals surface area contributed by atoms with Crippen molar-refractivity contribution in [3.05, 3.63) is 76.5 Å². The van der Waals surface area contributed by atoms with Crippen LogP contribution in [0.25, 0.3) is 16.7 Å². The summed E-state index contributed by atoms with van der Waals surface area (Å²) in [6.45, 7) is 5.97. The van der Waals surface area contributed by atoms with Crippen molar-refractivity contribution in [1.29, 1.82) is 0 Å². The van der Waals surface area contributed by atoms with E-state index in [9.17, 15) is 9.59 Å². The molecule has 0 saturated heterocycles. The third-order valence-electron chi connectivity index (χ3n) is 6.02. The molecular formula is C26H25N5O2. The molecule has 4 aromatic rings. The minimum absolute atomic E-state index is 0.0127. The Balaban J connectivity index is 1.49. The van der Waals surface area contributed by atoms with Crippen molar-refractivity contribution in [2.45, 2.75) is 40.0 Å². The summed E-state index contributed by atoms with van der Waals surface area (Å²) in [6.07, 6.45) is 2.01. The lowest BCUT2D eigenvalue weighted by Gasteiger charge is -2.13. The zero-order chi connectivity index (χ0) is 23.1. The Bertz CT molecular complexity index is 1420. The normalized spacial score (nSPS) is 13.4. The first kappa shape index (κ1) is 20.9. The molecule has 0 saturated carbocycles. The molecule has 33 heavy (non-hydrogen) atoms. The van der Waals surface area contributed by atoms with Crippen LogP contribution in [0.3, 0.4) is 0 Å². The highest BCUT2D eigenvalue weighted by atomic mass is 16.2. The highest BCUT2D eigenvalue weighted by molar-refractivity contribution is 6.05. The van der Waals surface area contributed by atoms with E-state index < -0.39 is 0 Å². The highest BCUT2D eigenvalue weighted by Gasteiger charge is 2.18. The third kappa shape index (κ3) is 3.98. The largest absolute Gasteiger partial charge is 0.326 e. The van der Waals surface area contributed by atoms with Crippen molar-refractivity contribution >= 4 is 34.2 Å². The lowest BCUT2D eigenvalue weighted by Crippen LogP contribution is -2.16. The predicted octanol–water partition coefficient (Wildman–Crippen LogP) is 4.87. The van der Waals surface area contributed by atoms with Gasteiger partial charge in [-0.15, -0.1) is 0 Å². The first-order chi connectivity index (χ1) is 15.9. The van der Waals surface area contributed by atoms with E-state index in [1.54, 1.807) is 16.8 Å². The second kappa shape index (κ2) is 8.16. The van der Waals surface area contributed by atoms with Crippen LogP contribution >= 0.6 is 0 Å². The van der Waals surface area contributed by atoms with Gasteiger partial charge in [0.15, 0.2) is 5.82 Å². The van der Waals surface area contributed by atoms with Crippen LogP contribution in [0, 0.1) is 20.8 Å². The van der Waals surface area contributed by atoms with Gasteiger partial charge in [-0.3, -0.25) is 9.59 Å². The van der Waals surface area contributed by atoms with E-state index >= 15 is 0 Å². The summed E-state index contributed by atoms with van der Waals surface area (Å²) in [4.78, 5) is 29.8. The average Bonchev–Trinajstić information content (AvgIpc) is 3.03. The number of rotatable bonds is 3. The number of pyridine rings is 1. The summed E-state index contributed by atoms with van der Waals surface area (Å²) in [5, 5.41) is 11.6. The number of benzene rings is 2. The van der Waals surface area contributed by atoms with Crippen LogP contribution in [0.1, 0.15) is 45.6 Å². The Kier molecular flexibility index (Phi) is 5.17. The maximum absolute atomic E-state index is 13.1. The van der Waals surface area contributed by atoms with Gasteiger partial charge in [0.05, 0.1) is 11.2 Å². The molecule has 5 rings (SSSR count). The van der Waals surface area contributed by atoms with Crippen LogP contribution in [-0.2, 0) is 11.2 Å². The van der Waals surface area contributed by atoms with Gasteiger partial charge in [-0.2, -0.15) is 9.78 Å². The van der Waals surface area contributed by atoms with E-state index in [0.29, 0.717) is 23.6 Å². The van der Waals surface area contributed by atoms with Crippen molar-refractivity contribution in [2.24, 2.45) is 0 Å². The summed E-state index contributed by atoms with van der Waals surface area (Å²) in [6, 6.07) is 15.3. The first-order valence-electron chi connectivity index (χ1n) is 11.1. The number of aryl methyl sites for hydroxylation is 4. The molecule has 1 aliphatic heterocycles. The van der Waals surface area contributed by atoms with Crippen LogP contribution in [-0.4, -0.2) is 26.6 Å². The van der Waals surface area contributed by atoms with Gasteiger partial charge in [0.2, 0.25) is 5.91 Å². The van der Waals surface area contributed by atoms with Crippen molar-refractivity contribution in [3.63, 3.8) is 0 Å². The van der Waals surface area contributed by atoms with Gasteiger partial charge in [0.1, 0.15) is 5.82 Å². The molecule has 0 bridgehead atoms. The fourth-order valence-corrected chi connectivity index (χ4v) is 4.32. The van der Waals surface area contributed by atoms with Crippen molar-refractivity contribution in [1.82, 2.24) is 14.8 Å². The molecule has 0 radical (unpaired) electrons. The van der Waals surface area contributed by atoms with Gasteiger partial charge in [-0.25, -0.2) is 4.98 Å². The molecule has 0 aliphatic carbocycles. The monoisotopic (exact) mass is 439 g/mol. The molecule has 0 atom stereocenters. The summed E-state index contributed by atoms with van der Waals surface area (Å²) >= 11 is 0. The topological polar surface area (TPSA) is 88.9 Å². The number of nitrogens with one attached hydrogen (secondary N) is 2. The molecule has 7 nitrogen and oxygen atoms in total. The average molecular weight is 440 g/mol. The summed E-state index contributed by atoms with van der Waals surface area (Å²) in [5.74, 6) is 0.991. The number of amides is 2. The fourth-order valence-electron chi connectivity index (χ4n) is 4.32. The van der Waals surface area contributed by atoms with Crippen molar-refractivity contribution in [3.8, 4) is 5.82 Å². The lowest BCUT2D eigenvalue weighted by molar-refractivity contribution is -0.116. The minimum atomic E-state index is -0.233. The molecule has 166 valence electrons. The van der Waals surface area contributed by atoms with Gasteiger partial charge >= 0.3 is 0 Å². The highest BCUT2D eigenvalue weighted by Crippen LogP contribution is 2.26. The Morgan fingerprint density at radius 1 is 1.03 bits per heavy atom. The molecule has 2 aromatic heterocycles. The Morgan fingerprint density at radius 2 is 1.88 bits per heavy atom. The molecule has 0 fully saturated rings. The first-order valence-corrected chi connectivity index (χ1v) is 11.1. The van der Waals surface area contributed by atoms with Gasteiger partial charge in [0.25, 0.3) is 5.91 Å². The number of nitrogens with zero attached hydrogens (tertiary/aromatic N) is 3. The number of hydrogen-bond donors (Lipinski definition) is 2. The summed E-state index contributed by atoms with van der Waals surface area (Å²) < 4.78 is 1.68. The van der Waals surface area contributed by atoms with E-state index in [1.165, 1.54) is 0 Å². The number of carbonyl (C=O) groups excluding carboxylic acids is 2. The number of carbonyl (C=O) groups is 2. The smallest absolute Gasteiger partial charge is 0.256 e. The van der Waals surface area contributed by atoms with Crippen LogP contribution < -0.4 is 10.6 Å². The fraction of sp³-hybridized carbons (Fsp3) is 0.231. The molecule has 0 unspecified atom stereocenters. The predicted molar refractivity (Wildman–Crippen MR) is 129 cm³/mol. The number of anilines is 2. The maximum atomic E-state index is 13.1. The minimum Gasteiger partial charge on any atom is -0.326 e. The molecule has 3 heterocycles. The standard InChI is InChI=1S/C26H25N5O2/c1-15-6-4-8-20-16(2)12-22(28-25(15)20)31-23(13-17(3)30-31)29-26(33)19-10-11-21-18(14-19)7-5-9-24(32)27-21/h4,6,8,10-14H,5,7,9H2,1-3H3,(H,27,32)(H,29,33). The molecule has 2 aromatic carbocycles. The molecule has 0 spiro atoms. The molecule has 2 amide bonds. The van der Waals surface area contributed by atoms with Crippen LogP contribution in [0.4, 0.5) is 11.5 Å². The second-order valence-corrected chi connectivity index (χ2v) is 8.58. The molecule has 2 N–H and O–H groups in total. The van der Waals surface area contributed by atoms with E-state index in [0.717, 1.165) is 51.8 Å². The SMILES string of the molecule is Cc1cc(NC(=O)c2ccc3c(c2)CCCC(=O)N3)n(-c2cc(C)c3cccc(C)c3n2)n1. The van der Waals surface area contributed by atoms with Crippen LogP contribution in [0.15, 0.2) is 48.5 Å². The lowest BCUT2D eigenvalue weighted by atomic mass is 10.0. The molecule has 7 heteroatoms. The van der Waals surface area contributed by atoms with Crippen LogP contribution in [0.2, 0.25) is 0 Å². The van der Waals surface area contributed by atoms with Gasteiger partial charge in [-0.05, 0) is 74.6 Å². The summed E-state index contributed by atoms with van der Waals surface area (Å²) in [7, 11) is 0. The van der Waals surface area contributed by atoms with Gasteiger partial charge in [0, 0.05) is 29.1 Å². The zero-order valence-corrected chi connectivity index (χ0v) is 18.9. The molecular weight excluding hydrogens is 414 g/mol. The van der Waals surface area contributed by atoms with E-state index in [-0.39, 0.29) is 11.8 Å². The quantitative estimate of drug-likeness (QED) is 0.476. The third-order valence-corrected chi connectivity index (χ3v) is 6.02. The Morgan fingerprint density at radius 3 is 2.73 bits per heavy atom. The van der Waals surface area contributed by atoms with Gasteiger partial charge < -0.3 is 10.6 Å². The van der Waals surface area contributed by atoms with E-state index in [4.69, 9.17) is 4.98 Å². The maximum Gasteiger partial charge on any atom is 0.256 e. The van der Waals surface area contributed by atoms with Crippen LogP contribution in [0.5, 0.6) is 0 Å². The number of para-hydroxylation sites is 1. The summed E-state index contributed by atoms with van der Waals surface area (Å²) in [5.41, 5.74) is 6.17. The Hall–Kier alpha value is -4.00. The van der Waals surface area contributed by atoms with E-state index in [2.05, 4.69) is 28.7 Å². The number of aromatic nitrogens is 3. The van der Waals surface area contributed by atoms with Crippen molar-refractivity contribution < 1.29 is 9.59 Å². The number of hydrogen-bond acceptors (Lipinski definition) is 4. The molecule has 1 aliphatic rings.